The molecular weight excluding hydrogens is 234 g/mol. The van der Waals surface area contributed by atoms with Crippen molar-refractivity contribution in [3.63, 3.8) is 0 Å². The molecule has 0 fully saturated rings. The highest BCUT2D eigenvalue weighted by Gasteiger charge is 2.20. The van der Waals surface area contributed by atoms with Gasteiger partial charge in [-0.25, -0.2) is 9.79 Å². The molecule has 0 aliphatic carbocycles. The summed E-state index contributed by atoms with van der Waals surface area (Å²) in [5, 5.41) is 9.07. The molecule has 6 nitrogen and oxygen atoms in total. The molecule has 0 aromatic carbocycles. The Morgan fingerprint density at radius 2 is 2.39 bits per heavy atom. The summed E-state index contributed by atoms with van der Waals surface area (Å²) in [5.41, 5.74) is 6.03. The van der Waals surface area contributed by atoms with E-state index >= 15 is 0 Å². The predicted molar refractivity (Wildman–Crippen MR) is 67.7 cm³/mol. The summed E-state index contributed by atoms with van der Waals surface area (Å²) in [6.07, 6.45) is 3.65. The largest absolute Gasteiger partial charge is 0.478 e. The van der Waals surface area contributed by atoms with Gasteiger partial charge in [-0.3, -0.25) is 4.98 Å². The predicted octanol–water partition coefficient (Wildman–Crippen LogP) is 1.12. The summed E-state index contributed by atoms with van der Waals surface area (Å²) in [7, 11) is 1.47. The minimum Gasteiger partial charge on any atom is -0.478 e. The molecule has 0 saturated carbocycles. The Morgan fingerprint density at radius 1 is 1.67 bits per heavy atom. The lowest BCUT2D eigenvalue weighted by Crippen LogP contribution is -2.26. The number of methoxy groups -OCH3 is 1. The first-order valence-corrected chi connectivity index (χ1v) is 5.27. The molecule has 96 valence electrons. The van der Waals surface area contributed by atoms with Crippen LogP contribution in [0.15, 0.2) is 41.3 Å². The quantitative estimate of drug-likeness (QED) is 0.601. The number of carbonyl (C=O) groups is 1. The fourth-order valence-electron chi connectivity index (χ4n) is 1.31. The van der Waals surface area contributed by atoms with Crippen LogP contribution >= 0.6 is 0 Å². The molecule has 0 saturated heterocycles. The van der Waals surface area contributed by atoms with Gasteiger partial charge in [0.1, 0.15) is 0 Å². The maximum absolute atomic E-state index is 11.1. The summed E-state index contributed by atoms with van der Waals surface area (Å²) in [6.45, 7) is 1.70. The second kappa shape index (κ2) is 6.51. The van der Waals surface area contributed by atoms with Gasteiger partial charge in [0.15, 0.2) is 0 Å². The molecule has 1 unspecified atom stereocenters. The van der Waals surface area contributed by atoms with Crippen LogP contribution in [-0.2, 0) is 9.53 Å². The standard InChI is InChI=1S/C12H15N3O3/c1-8(18-2)11(10(6-13)12(16)17)15-9-4-3-5-14-7-9/h3-8H,13H2,1-2H3,(H,16,17). The van der Waals surface area contributed by atoms with Gasteiger partial charge in [-0.1, -0.05) is 0 Å². The highest BCUT2D eigenvalue weighted by molar-refractivity contribution is 6.21. The zero-order valence-corrected chi connectivity index (χ0v) is 10.2. The van der Waals surface area contributed by atoms with Crippen LogP contribution < -0.4 is 5.73 Å². The number of aliphatic carboxylic acids is 1. The Balaban J connectivity index is 3.22. The molecule has 1 atom stereocenters. The van der Waals surface area contributed by atoms with Gasteiger partial charge in [0.05, 0.1) is 29.3 Å². The van der Waals surface area contributed by atoms with Gasteiger partial charge in [0, 0.05) is 19.5 Å². The van der Waals surface area contributed by atoms with E-state index in [1.165, 1.54) is 13.3 Å². The Bertz CT molecular complexity index is 469. The minimum atomic E-state index is -1.15. The van der Waals surface area contributed by atoms with E-state index in [1.54, 1.807) is 25.3 Å². The van der Waals surface area contributed by atoms with Crippen molar-refractivity contribution in [3.8, 4) is 0 Å². The molecule has 1 aromatic rings. The number of rotatable bonds is 5. The summed E-state index contributed by atoms with van der Waals surface area (Å²) in [4.78, 5) is 19.2. The van der Waals surface area contributed by atoms with Crippen LogP contribution in [0.5, 0.6) is 0 Å². The first-order valence-electron chi connectivity index (χ1n) is 5.27. The van der Waals surface area contributed by atoms with Crippen molar-refractivity contribution < 1.29 is 14.6 Å². The van der Waals surface area contributed by atoms with Gasteiger partial charge in [-0.15, -0.1) is 0 Å². The van der Waals surface area contributed by atoms with Crippen LogP contribution in [0.3, 0.4) is 0 Å². The number of nitrogens with zero attached hydrogens (tertiary/aromatic N) is 2. The monoisotopic (exact) mass is 249 g/mol. The Hall–Kier alpha value is -2.21. The van der Waals surface area contributed by atoms with Crippen LogP contribution in [0.2, 0.25) is 0 Å². The lowest BCUT2D eigenvalue weighted by Gasteiger charge is -2.13. The number of hydrogen-bond donors (Lipinski definition) is 2. The molecule has 0 amide bonds. The number of aromatic nitrogens is 1. The fraction of sp³-hybridized carbons (Fsp3) is 0.250. The van der Waals surface area contributed by atoms with Gasteiger partial charge < -0.3 is 15.6 Å². The molecule has 0 aliphatic rings. The number of carboxylic acid groups (broad SMARTS) is 1. The first-order chi connectivity index (χ1) is 8.60. The van der Waals surface area contributed by atoms with Gasteiger partial charge in [-0.05, 0) is 19.1 Å². The number of ether oxygens (including phenoxy) is 1. The molecule has 6 heteroatoms. The molecule has 1 aromatic heterocycles. The number of pyridine rings is 1. The summed E-state index contributed by atoms with van der Waals surface area (Å²) >= 11 is 0. The average Bonchev–Trinajstić information content (AvgIpc) is 2.38. The number of nitrogens with two attached hydrogens (primary N) is 1. The molecule has 0 bridgehead atoms. The zero-order valence-electron chi connectivity index (χ0n) is 10.2. The van der Waals surface area contributed by atoms with E-state index in [-0.39, 0.29) is 11.3 Å². The van der Waals surface area contributed by atoms with Gasteiger partial charge in [-0.2, -0.15) is 0 Å². The van der Waals surface area contributed by atoms with Crippen LogP contribution in [0.1, 0.15) is 6.92 Å². The average molecular weight is 249 g/mol. The van der Waals surface area contributed by atoms with Crippen molar-refractivity contribution in [2.24, 2.45) is 10.7 Å². The van der Waals surface area contributed by atoms with Crippen LogP contribution in [-0.4, -0.2) is 35.0 Å². The summed E-state index contributed by atoms with van der Waals surface area (Å²) in [6, 6.07) is 3.42. The fourth-order valence-corrected chi connectivity index (χ4v) is 1.31. The highest BCUT2D eigenvalue weighted by atomic mass is 16.5. The van der Waals surface area contributed by atoms with E-state index in [0.29, 0.717) is 5.69 Å². The van der Waals surface area contributed by atoms with Crippen molar-refractivity contribution in [3.05, 3.63) is 36.3 Å². The van der Waals surface area contributed by atoms with Crippen molar-refractivity contribution in [2.45, 2.75) is 13.0 Å². The van der Waals surface area contributed by atoms with E-state index in [9.17, 15) is 4.79 Å². The first kappa shape index (κ1) is 13.9. The van der Waals surface area contributed by atoms with Gasteiger partial charge in [0.2, 0.25) is 0 Å². The summed E-state index contributed by atoms with van der Waals surface area (Å²) in [5.74, 6) is -1.15. The molecule has 1 rings (SSSR count). The third-order valence-corrected chi connectivity index (χ3v) is 2.31. The van der Waals surface area contributed by atoms with E-state index in [4.69, 9.17) is 15.6 Å². The van der Waals surface area contributed by atoms with Gasteiger partial charge >= 0.3 is 5.97 Å². The van der Waals surface area contributed by atoms with Crippen molar-refractivity contribution in [1.82, 2.24) is 4.98 Å². The molecule has 18 heavy (non-hydrogen) atoms. The highest BCUT2D eigenvalue weighted by Crippen LogP contribution is 2.14. The van der Waals surface area contributed by atoms with Crippen LogP contribution in [0.25, 0.3) is 0 Å². The van der Waals surface area contributed by atoms with Crippen LogP contribution in [0.4, 0.5) is 5.69 Å². The van der Waals surface area contributed by atoms with E-state index in [0.717, 1.165) is 6.20 Å². The normalized spacial score (nSPS) is 14.3. The van der Waals surface area contributed by atoms with Crippen molar-refractivity contribution in [2.75, 3.05) is 7.11 Å². The molecule has 3 N–H and O–H groups in total. The van der Waals surface area contributed by atoms with Crippen molar-refractivity contribution in [1.29, 1.82) is 0 Å². The Kier molecular flexibility index (Phi) is 5.01. The maximum Gasteiger partial charge on any atom is 0.339 e. The number of hydrogen-bond acceptors (Lipinski definition) is 5. The van der Waals surface area contributed by atoms with Gasteiger partial charge in [0.25, 0.3) is 0 Å². The molecular formula is C12H15N3O3. The zero-order chi connectivity index (χ0) is 13.5. The second-order valence-corrected chi connectivity index (χ2v) is 3.47. The number of aliphatic imine (C=N–C) groups is 1. The maximum atomic E-state index is 11.1. The van der Waals surface area contributed by atoms with E-state index in [1.807, 2.05) is 0 Å². The van der Waals surface area contributed by atoms with Crippen molar-refractivity contribution >= 4 is 17.4 Å². The SMILES string of the molecule is COC(C)C(=Nc1cccnc1)C(=CN)C(=O)O. The topological polar surface area (TPSA) is 97.8 Å². The Morgan fingerprint density at radius 3 is 2.83 bits per heavy atom. The van der Waals surface area contributed by atoms with E-state index < -0.39 is 12.1 Å². The molecule has 0 radical (unpaired) electrons. The summed E-state index contributed by atoms with van der Waals surface area (Å²) < 4.78 is 5.11. The lowest BCUT2D eigenvalue weighted by atomic mass is 10.1. The third-order valence-electron chi connectivity index (χ3n) is 2.31. The molecule has 1 heterocycles. The molecule has 0 aliphatic heterocycles. The third kappa shape index (κ3) is 3.39. The minimum absolute atomic E-state index is 0.0896. The Labute approximate surface area is 105 Å². The smallest absolute Gasteiger partial charge is 0.339 e. The van der Waals surface area contributed by atoms with Crippen LogP contribution in [0, 0.1) is 0 Å². The lowest BCUT2D eigenvalue weighted by molar-refractivity contribution is -0.132. The van der Waals surface area contributed by atoms with E-state index in [2.05, 4.69) is 9.98 Å². The molecule has 0 spiro atoms. The second-order valence-electron chi connectivity index (χ2n) is 3.47. The number of carboxylic acids is 1.